The summed E-state index contributed by atoms with van der Waals surface area (Å²) in [6, 6.07) is 6.53. The summed E-state index contributed by atoms with van der Waals surface area (Å²) in [6.45, 7) is 3.65. The Bertz CT molecular complexity index is 487. The van der Waals surface area contributed by atoms with Crippen molar-refractivity contribution in [3.8, 4) is 0 Å². The van der Waals surface area contributed by atoms with Crippen LogP contribution in [0.25, 0.3) is 0 Å². The molecule has 1 fully saturated rings. The molecule has 1 amide bonds. The van der Waals surface area contributed by atoms with Crippen molar-refractivity contribution in [2.24, 2.45) is 5.92 Å². The number of carbonyl (C=O) groups is 1. The number of hydrogen-bond donors (Lipinski definition) is 2. The Morgan fingerprint density at radius 1 is 1.50 bits per heavy atom. The number of nitrogens with one attached hydrogen (secondary N) is 1. The predicted octanol–water partition coefficient (Wildman–Crippen LogP) is 2.60. The molecule has 0 radical (unpaired) electrons. The van der Waals surface area contributed by atoms with Gasteiger partial charge in [0.1, 0.15) is 5.82 Å². The third-order valence-electron chi connectivity index (χ3n) is 4.16. The molecule has 0 aromatic heterocycles. The van der Waals surface area contributed by atoms with E-state index in [0.29, 0.717) is 11.5 Å². The van der Waals surface area contributed by atoms with Crippen molar-refractivity contribution in [3.05, 3.63) is 35.6 Å². The smallest absolute Gasteiger partial charge is 0.221 e. The van der Waals surface area contributed by atoms with Gasteiger partial charge in [0.15, 0.2) is 0 Å². The van der Waals surface area contributed by atoms with E-state index in [9.17, 15) is 14.3 Å². The maximum atomic E-state index is 13.7. The molecule has 1 saturated carbocycles. The van der Waals surface area contributed by atoms with Crippen LogP contribution >= 0.6 is 0 Å². The monoisotopic (exact) mass is 279 g/mol. The van der Waals surface area contributed by atoms with Gasteiger partial charge in [-0.3, -0.25) is 4.79 Å². The number of hydrogen-bond acceptors (Lipinski definition) is 2. The summed E-state index contributed by atoms with van der Waals surface area (Å²) in [5.74, 6) is -0.234. The lowest BCUT2D eigenvalue weighted by molar-refractivity contribution is -0.124. The molecule has 1 aromatic rings. The molecule has 0 aliphatic heterocycles. The van der Waals surface area contributed by atoms with Crippen LogP contribution < -0.4 is 5.32 Å². The first-order valence-corrected chi connectivity index (χ1v) is 7.12. The second-order valence-electron chi connectivity index (χ2n) is 6.02. The van der Waals surface area contributed by atoms with Crippen LogP contribution in [0.3, 0.4) is 0 Å². The maximum Gasteiger partial charge on any atom is 0.221 e. The van der Waals surface area contributed by atoms with Crippen molar-refractivity contribution < 1.29 is 14.3 Å². The highest BCUT2D eigenvalue weighted by Gasteiger charge is 2.42. The summed E-state index contributed by atoms with van der Waals surface area (Å²) in [6.07, 6.45) is 2.31. The Morgan fingerprint density at radius 3 is 2.70 bits per heavy atom. The Hall–Kier alpha value is -1.42. The highest BCUT2D eigenvalue weighted by atomic mass is 19.1. The van der Waals surface area contributed by atoms with Crippen molar-refractivity contribution >= 4 is 5.91 Å². The van der Waals surface area contributed by atoms with Crippen LogP contribution in [0.1, 0.15) is 44.6 Å². The molecular formula is C16H22FNO2. The Labute approximate surface area is 119 Å². The van der Waals surface area contributed by atoms with Crippen LogP contribution in [0.2, 0.25) is 0 Å². The van der Waals surface area contributed by atoms with Crippen LogP contribution in [-0.4, -0.2) is 23.2 Å². The minimum absolute atomic E-state index is 0.0580. The second kappa shape index (κ2) is 5.92. The van der Waals surface area contributed by atoms with Gasteiger partial charge in [-0.05, 0) is 43.2 Å². The number of rotatable bonds is 6. The first-order chi connectivity index (χ1) is 9.46. The van der Waals surface area contributed by atoms with Gasteiger partial charge in [-0.25, -0.2) is 4.39 Å². The van der Waals surface area contributed by atoms with Crippen LogP contribution in [-0.2, 0) is 4.79 Å². The molecule has 3 nitrogen and oxygen atoms in total. The predicted molar refractivity (Wildman–Crippen MR) is 75.8 cm³/mol. The lowest BCUT2D eigenvalue weighted by atomic mass is 9.94. The Balaban J connectivity index is 1.96. The number of aliphatic hydroxyl groups is 1. The fourth-order valence-corrected chi connectivity index (χ4v) is 2.62. The number of amides is 1. The molecule has 1 aliphatic rings. The highest BCUT2D eigenvalue weighted by Crippen LogP contribution is 2.39. The van der Waals surface area contributed by atoms with Crippen molar-refractivity contribution in [3.63, 3.8) is 0 Å². The maximum absolute atomic E-state index is 13.7. The molecule has 0 spiro atoms. The van der Waals surface area contributed by atoms with E-state index in [-0.39, 0.29) is 30.7 Å². The average Bonchev–Trinajstić information content (AvgIpc) is 3.23. The fourth-order valence-electron chi connectivity index (χ4n) is 2.62. The summed E-state index contributed by atoms with van der Waals surface area (Å²) in [7, 11) is 0. The fraction of sp³-hybridized carbons (Fsp3) is 0.562. The molecule has 1 aliphatic carbocycles. The van der Waals surface area contributed by atoms with E-state index in [1.54, 1.807) is 18.2 Å². The van der Waals surface area contributed by atoms with E-state index in [4.69, 9.17) is 0 Å². The minimum Gasteiger partial charge on any atom is -0.394 e. The third-order valence-corrected chi connectivity index (χ3v) is 4.16. The Morgan fingerprint density at radius 2 is 2.15 bits per heavy atom. The molecule has 0 saturated heterocycles. The standard InChI is InChI=1S/C16H22FNO2/c1-11(13-5-3-4-6-14(13)17)9-15(20)18-16(2,10-19)12-7-8-12/h3-6,11-12,19H,7-10H2,1-2H3,(H,18,20). The summed E-state index contributed by atoms with van der Waals surface area (Å²) < 4.78 is 13.7. The van der Waals surface area contributed by atoms with E-state index in [1.807, 2.05) is 13.8 Å². The van der Waals surface area contributed by atoms with E-state index in [0.717, 1.165) is 12.8 Å². The molecule has 0 bridgehead atoms. The molecule has 2 N–H and O–H groups in total. The van der Waals surface area contributed by atoms with Crippen LogP contribution in [0.5, 0.6) is 0 Å². The summed E-state index contributed by atoms with van der Waals surface area (Å²) in [5.41, 5.74) is 0.0197. The van der Waals surface area contributed by atoms with Gasteiger partial charge in [0.2, 0.25) is 5.91 Å². The lowest BCUT2D eigenvalue weighted by Gasteiger charge is -2.29. The largest absolute Gasteiger partial charge is 0.394 e. The molecule has 2 rings (SSSR count). The minimum atomic E-state index is -0.536. The van der Waals surface area contributed by atoms with Crippen molar-refractivity contribution in [2.75, 3.05) is 6.61 Å². The van der Waals surface area contributed by atoms with Gasteiger partial charge < -0.3 is 10.4 Å². The lowest BCUT2D eigenvalue weighted by Crippen LogP contribution is -2.50. The zero-order chi connectivity index (χ0) is 14.8. The number of halogens is 1. The number of aliphatic hydroxyl groups excluding tert-OH is 1. The van der Waals surface area contributed by atoms with Crippen molar-refractivity contribution in [2.45, 2.75) is 44.6 Å². The molecule has 0 heterocycles. The SMILES string of the molecule is CC(CC(=O)NC(C)(CO)C1CC1)c1ccccc1F. The van der Waals surface area contributed by atoms with Gasteiger partial charge in [-0.2, -0.15) is 0 Å². The van der Waals surface area contributed by atoms with Crippen LogP contribution in [0, 0.1) is 11.7 Å². The summed E-state index contributed by atoms with van der Waals surface area (Å²) >= 11 is 0. The first-order valence-electron chi connectivity index (χ1n) is 7.12. The van der Waals surface area contributed by atoms with Gasteiger partial charge >= 0.3 is 0 Å². The summed E-state index contributed by atoms with van der Waals surface area (Å²) in [4.78, 5) is 12.1. The average molecular weight is 279 g/mol. The number of carbonyl (C=O) groups excluding carboxylic acids is 1. The molecule has 110 valence electrons. The molecule has 4 heteroatoms. The molecule has 2 atom stereocenters. The third kappa shape index (κ3) is 3.37. The zero-order valence-corrected chi connectivity index (χ0v) is 12.0. The van der Waals surface area contributed by atoms with E-state index in [2.05, 4.69) is 5.32 Å². The van der Waals surface area contributed by atoms with Gasteiger partial charge in [0, 0.05) is 6.42 Å². The molecule has 2 unspecified atom stereocenters. The van der Waals surface area contributed by atoms with Gasteiger partial charge in [-0.1, -0.05) is 25.1 Å². The normalized spacial score (nSPS) is 19.2. The van der Waals surface area contributed by atoms with Gasteiger partial charge in [0.05, 0.1) is 12.1 Å². The van der Waals surface area contributed by atoms with E-state index < -0.39 is 5.54 Å². The van der Waals surface area contributed by atoms with Gasteiger partial charge in [0.25, 0.3) is 0 Å². The van der Waals surface area contributed by atoms with E-state index >= 15 is 0 Å². The van der Waals surface area contributed by atoms with Crippen molar-refractivity contribution in [1.82, 2.24) is 5.32 Å². The number of benzene rings is 1. The molecule has 1 aromatic carbocycles. The van der Waals surface area contributed by atoms with Crippen molar-refractivity contribution in [1.29, 1.82) is 0 Å². The van der Waals surface area contributed by atoms with E-state index in [1.165, 1.54) is 6.07 Å². The highest BCUT2D eigenvalue weighted by molar-refractivity contribution is 5.77. The molecule has 20 heavy (non-hydrogen) atoms. The zero-order valence-electron chi connectivity index (χ0n) is 12.0. The topological polar surface area (TPSA) is 49.3 Å². The van der Waals surface area contributed by atoms with Crippen LogP contribution in [0.4, 0.5) is 4.39 Å². The molecular weight excluding hydrogens is 257 g/mol. The summed E-state index contributed by atoms with van der Waals surface area (Å²) in [5, 5.41) is 12.4. The second-order valence-corrected chi connectivity index (χ2v) is 6.02. The quantitative estimate of drug-likeness (QED) is 0.841. The first kappa shape index (κ1) is 15.0. The van der Waals surface area contributed by atoms with Crippen LogP contribution in [0.15, 0.2) is 24.3 Å². The Kier molecular flexibility index (Phi) is 4.43. The van der Waals surface area contributed by atoms with Gasteiger partial charge in [-0.15, -0.1) is 0 Å².